The third-order valence-electron chi connectivity index (χ3n) is 3.82. The van der Waals surface area contributed by atoms with Gasteiger partial charge in [-0.1, -0.05) is 23.7 Å². The average Bonchev–Trinajstić information content (AvgIpc) is 3.38. The first-order valence-electron chi connectivity index (χ1n) is 7.55. The second-order valence-corrected chi connectivity index (χ2v) is 6.11. The van der Waals surface area contributed by atoms with Gasteiger partial charge in [0.2, 0.25) is 0 Å². The minimum absolute atomic E-state index is 0.0171. The van der Waals surface area contributed by atoms with Crippen molar-refractivity contribution in [2.24, 2.45) is 5.92 Å². The molecule has 120 valence electrons. The lowest BCUT2D eigenvalue weighted by atomic mass is 10.0. The van der Waals surface area contributed by atoms with Gasteiger partial charge >= 0.3 is 0 Å². The molecule has 1 unspecified atom stereocenters. The van der Waals surface area contributed by atoms with Gasteiger partial charge in [-0.25, -0.2) is 4.39 Å². The minimum Gasteiger partial charge on any atom is -0.484 e. The van der Waals surface area contributed by atoms with Gasteiger partial charge in [-0.2, -0.15) is 0 Å². The van der Waals surface area contributed by atoms with Crippen molar-refractivity contribution in [2.75, 3.05) is 6.61 Å². The lowest BCUT2D eigenvalue weighted by Crippen LogP contribution is -2.33. The van der Waals surface area contributed by atoms with Crippen LogP contribution in [0.4, 0.5) is 4.39 Å². The van der Waals surface area contributed by atoms with Gasteiger partial charge in [0.05, 0.1) is 6.04 Å². The summed E-state index contributed by atoms with van der Waals surface area (Å²) in [6.07, 6.45) is 2.21. The lowest BCUT2D eigenvalue weighted by molar-refractivity contribution is -0.124. The first-order chi connectivity index (χ1) is 11.1. The van der Waals surface area contributed by atoms with E-state index in [1.54, 1.807) is 0 Å². The summed E-state index contributed by atoms with van der Waals surface area (Å²) >= 11 is 5.91. The molecule has 0 radical (unpaired) electrons. The maximum Gasteiger partial charge on any atom is 0.258 e. The molecule has 1 saturated carbocycles. The van der Waals surface area contributed by atoms with E-state index in [-0.39, 0.29) is 24.4 Å². The number of rotatable bonds is 6. The van der Waals surface area contributed by atoms with Crippen LogP contribution in [0.25, 0.3) is 0 Å². The van der Waals surface area contributed by atoms with Crippen LogP contribution in [0.3, 0.4) is 0 Å². The monoisotopic (exact) mass is 333 g/mol. The number of nitrogens with one attached hydrogen (secondary N) is 1. The molecule has 0 heterocycles. The van der Waals surface area contributed by atoms with Gasteiger partial charge in [0, 0.05) is 5.02 Å². The highest BCUT2D eigenvalue weighted by Gasteiger charge is 2.33. The highest BCUT2D eigenvalue weighted by Crippen LogP contribution is 2.41. The largest absolute Gasteiger partial charge is 0.484 e. The third-order valence-corrected chi connectivity index (χ3v) is 4.07. The fourth-order valence-electron chi connectivity index (χ4n) is 2.47. The maximum atomic E-state index is 12.8. The van der Waals surface area contributed by atoms with Crippen molar-refractivity contribution >= 4 is 17.5 Å². The molecule has 1 fully saturated rings. The Morgan fingerprint density at radius 3 is 2.43 bits per heavy atom. The fourth-order valence-corrected chi connectivity index (χ4v) is 2.59. The number of halogens is 2. The highest BCUT2D eigenvalue weighted by atomic mass is 35.5. The van der Waals surface area contributed by atoms with Gasteiger partial charge in [-0.15, -0.1) is 0 Å². The Morgan fingerprint density at radius 1 is 1.17 bits per heavy atom. The molecule has 1 aliphatic rings. The van der Waals surface area contributed by atoms with Crippen LogP contribution in [0.2, 0.25) is 5.02 Å². The second kappa shape index (κ2) is 7.01. The smallest absolute Gasteiger partial charge is 0.258 e. The van der Waals surface area contributed by atoms with E-state index in [1.807, 2.05) is 24.3 Å². The summed E-state index contributed by atoms with van der Waals surface area (Å²) in [7, 11) is 0. The van der Waals surface area contributed by atoms with E-state index in [2.05, 4.69) is 5.32 Å². The Kier molecular flexibility index (Phi) is 4.82. The fraction of sp³-hybridized carbons (Fsp3) is 0.278. The van der Waals surface area contributed by atoms with Crippen molar-refractivity contribution in [3.05, 3.63) is 64.9 Å². The Hall–Kier alpha value is -2.07. The molecule has 1 N–H and O–H groups in total. The molecule has 1 atom stereocenters. The van der Waals surface area contributed by atoms with Crippen LogP contribution in [-0.2, 0) is 4.79 Å². The molecule has 1 aliphatic carbocycles. The molecule has 2 aromatic carbocycles. The van der Waals surface area contributed by atoms with Crippen molar-refractivity contribution in [1.29, 1.82) is 0 Å². The lowest BCUT2D eigenvalue weighted by Gasteiger charge is -2.19. The predicted octanol–water partition coefficient (Wildman–Crippen LogP) is 4.13. The average molecular weight is 334 g/mol. The number of hydrogen-bond acceptors (Lipinski definition) is 2. The van der Waals surface area contributed by atoms with E-state index in [4.69, 9.17) is 16.3 Å². The third kappa shape index (κ3) is 4.45. The summed E-state index contributed by atoms with van der Waals surface area (Å²) in [6, 6.07) is 13.1. The number of ether oxygens (including phenoxy) is 1. The first kappa shape index (κ1) is 15.8. The summed E-state index contributed by atoms with van der Waals surface area (Å²) in [5.74, 6) is 0.404. The molecule has 3 nitrogen and oxygen atoms in total. The summed E-state index contributed by atoms with van der Waals surface area (Å²) in [5.41, 5.74) is 1.05. The Morgan fingerprint density at radius 2 is 1.83 bits per heavy atom. The maximum absolute atomic E-state index is 12.8. The zero-order chi connectivity index (χ0) is 16.2. The van der Waals surface area contributed by atoms with E-state index in [1.165, 1.54) is 24.3 Å². The summed E-state index contributed by atoms with van der Waals surface area (Å²) in [4.78, 5) is 12.1. The standard InChI is InChI=1S/C18H17ClFNO2/c19-14-5-3-13(4-6-14)18(12-1-2-12)21-17(22)11-23-16-9-7-15(20)8-10-16/h3-10,12,18H,1-2,11H2,(H,21,22). The SMILES string of the molecule is O=C(COc1ccc(F)cc1)NC(c1ccc(Cl)cc1)C1CC1. The van der Waals surface area contributed by atoms with Crippen LogP contribution < -0.4 is 10.1 Å². The van der Waals surface area contributed by atoms with E-state index in [9.17, 15) is 9.18 Å². The van der Waals surface area contributed by atoms with Gasteiger partial charge < -0.3 is 10.1 Å². The molecule has 0 spiro atoms. The number of carbonyl (C=O) groups is 1. The van der Waals surface area contributed by atoms with E-state index in [0.29, 0.717) is 16.7 Å². The highest BCUT2D eigenvalue weighted by molar-refractivity contribution is 6.30. The van der Waals surface area contributed by atoms with Crippen LogP contribution in [0, 0.1) is 11.7 Å². The molecule has 1 amide bonds. The topological polar surface area (TPSA) is 38.3 Å². The molecular weight excluding hydrogens is 317 g/mol. The van der Waals surface area contributed by atoms with Gasteiger partial charge in [0.1, 0.15) is 11.6 Å². The summed E-state index contributed by atoms with van der Waals surface area (Å²) in [6.45, 7) is -0.0948. The van der Waals surface area contributed by atoms with Crippen molar-refractivity contribution in [1.82, 2.24) is 5.32 Å². The van der Waals surface area contributed by atoms with E-state index in [0.717, 1.165) is 18.4 Å². The van der Waals surface area contributed by atoms with Crippen LogP contribution in [0.5, 0.6) is 5.75 Å². The number of benzene rings is 2. The van der Waals surface area contributed by atoms with Crippen LogP contribution in [-0.4, -0.2) is 12.5 Å². The van der Waals surface area contributed by atoms with Crippen molar-refractivity contribution in [3.63, 3.8) is 0 Å². The zero-order valence-electron chi connectivity index (χ0n) is 12.5. The normalized spacial score (nSPS) is 15.0. The molecule has 0 bridgehead atoms. The minimum atomic E-state index is -0.335. The molecule has 2 aromatic rings. The second-order valence-electron chi connectivity index (χ2n) is 5.68. The van der Waals surface area contributed by atoms with E-state index < -0.39 is 0 Å². The van der Waals surface area contributed by atoms with Crippen molar-refractivity contribution in [3.8, 4) is 5.75 Å². The molecular formula is C18H17ClFNO2. The quantitative estimate of drug-likeness (QED) is 0.863. The summed E-state index contributed by atoms with van der Waals surface area (Å²) < 4.78 is 18.2. The Balaban J connectivity index is 1.58. The molecule has 23 heavy (non-hydrogen) atoms. The molecule has 3 rings (SSSR count). The Labute approximate surface area is 139 Å². The Bertz CT molecular complexity index is 668. The number of hydrogen-bond donors (Lipinski definition) is 1. The summed E-state index contributed by atoms with van der Waals surface area (Å²) in [5, 5.41) is 3.69. The van der Waals surface area contributed by atoms with Gasteiger partial charge in [0.15, 0.2) is 6.61 Å². The molecule has 0 aromatic heterocycles. The zero-order valence-corrected chi connectivity index (χ0v) is 13.2. The van der Waals surface area contributed by atoms with Crippen molar-refractivity contribution in [2.45, 2.75) is 18.9 Å². The van der Waals surface area contributed by atoms with Gasteiger partial charge in [-0.05, 0) is 60.7 Å². The van der Waals surface area contributed by atoms with Crippen LogP contribution >= 0.6 is 11.6 Å². The first-order valence-corrected chi connectivity index (χ1v) is 7.93. The van der Waals surface area contributed by atoms with Crippen LogP contribution in [0.1, 0.15) is 24.4 Å². The molecule has 0 aliphatic heterocycles. The van der Waals surface area contributed by atoms with E-state index >= 15 is 0 Å². The van der Waals surface area contributed by atoms with Crippen molar-refractivity contribution < 1.29 is 13.9 Å². The number of amides is 1. The molecule has 0 saturated heterocycles. The van der Waals surface area contributed by atoms with Gasteiger partial charge in [-0.3, -0.25) is 4.79 Å². The predicted molar refractivity (Wildman–Crippen MR) is 87.0 cm³/mol. The molecule has 5 heteroatoms. The number of carbonyl (C=O) groups excluding carboxylic acids is 1. The van der Waals surface area contributed by atoms with Crippen LogP contribution in [0.15, 0.2) is 48.5 Å². The van der Waals surface area contributed by atoms with Gasteiger partial charge in [0.25, 0.3) is 5.91 Å².